The molecular formula is C21H18ClN3S. The van der Waals surface area contributed by atoms with Gasteiger partial charge in [-0.2, -0.15) is 0 Å². The Morgan fingerprint density at radius 1 is 1.00 bits per heavy atom. The molecule has 5 heteroatoms. The predicted octanol–water partition coefficient (Wildman–Crippen LogP) is 6.30. The molecule has 2 aromatic heterocycles. The first-order chi connectivity index (χ1) is 12.6. The monoisotopic (exact) mass is 379 g/mol. The Morgan fingerprint density at radius 3 is 2.58 bits per heavy atom. The van der Waals surface area contributed by atoms with Gasteiger partial charge in [0.2, 0.25) is 0 Å². The molecule has 0 aliphatic rings. The molecule has 0 saturated carbocycles. The van der Waals surface area contributed by atoms with E-state index in [9.17, 15) is 0 Å². The lowest BCUT2D eigenvalue weighted by Crippen LogP contribution is -2.01. The third-order valence-corrected chi connectivity index (χ3v) is 5.55. The molecule has 1 N–H and O–H groups in total. The minimum absolute atomic E-state index is 0.705. The highest BCUT2D eigenvalue weighted by molar-refractivity contribution is 7.18. The first-order valence-electron chi connectivity index (χ1n) is 8.42. The van der Waals surface area contributed by atoms with Crippen molar-refractivity contribution < 1.29 is 0 Å². The lowest BCUT2D eigenvalue weighted by molar-refractivity contribution is 1.000. The van der Waals surface area contributed by atoms with E-state index in [1.54, 1.807) is 11.3 Å². The summed E-state index contributed by atoms with van der Waals surface area (Å²) in [5.74, 6) is 1.64. The molecule has 26 heavy (non-hydrogen) atoms. The molecule has 0 radical (unpaired) electrons. The van der Waals surface area contributed by atoms with Gasteiger partial charge < -0.3 is 5.32 Å². The van der Waals surface area contributed by atoms with Gasteiger partial charge in [-0.15, -0.1) is 11.3 Å². The maximum Gasteiger partial charge on any atom is 0.142 e. The molecule has 0 amide bonds. The second kappa shape index (κ2) is 7.06. The van der Waals surface area contributed by atoms with Crippen molar-refractivity contribution in [1.29, 1.82) is 0 Å². The third kappa shape index (κ3) is 3.57. The molecule has 0 fully saturated rings. The maximum atomic E-state index is 6.27. The van der Waals surface area contributed by atoms with Crippen LogP contribution in [0.5, 0.6) is 0 Å². The minimum Gasteiger partial charge on any atom is -0.340 e. The number of nitrogens with zero attached hydrogens (tertiary/aromatic N) is 2. The molecule has 0 saturated heterocycles. The molecule has 130 valence electrons. The van der Waals surface area contributed by atoms with E-state index in [4.69, 9.17) is 21.6 Å². The average Bonchev–Trinajstić information content (AvgIpc) is 3.00. The van der Waals surface area contributed by atoms with E-state index < -0.39 is 0 Å². The van der Waals surface area contributed by atoms with Crippen molar-refractivity contribution in [3.63, 3.8) is 0 Å². The SMILES string of the molecule is Cc1cc2c(Nc3ccc(C)c(Cl)c3)nc(Cc3ccccc3)nc2s1. The van der Waals surface area contributed by atoms with Gasteiger partial charge in [0.05, 0.1) is 5.39 Å². The van der Waals surface area contributed by atoms with Crippen LogP contribution in [0.2, 0.25) is 5.02 Å². The molecule has 3 nitrogen and oxygen atoms in total. The largest absolute Gasteiger partial charge is 0.340 e. The van der Waals surface area contributed by atoms with E-state index in [1.807, 2.05) is 43.3 Å². The van der Waals surface area contributed by atoms with Crippen LogP contribution >= 0.6 is 22.9 Å². The fraction of sp³-hybridized carbons (Fsp3) is 0.143. The number of aryl methyl sites for hydroxylation is 2. The summed E-state index contributed by atoms with van der Waals surface area (Å²) in [5, 5.41) is 5.21. The number of halogens is 1. The molecule has 0 unspecified atom stereocenters. The third-order valence-electron chi connectivity index (χ3n) is 4.20. The van der Waals surface area contributed by atoms with Gasteiger partial charge in [0.1, 0.15) is 16.5 Å². The number of fused-ring (bicyclic) bond motifs is 1. The van der Waals surface area contributed by atoms with E-state index in [-0.39, 0.29) is 0 Å². The van der Waals surface area contributed by atoms with Crippen molar-refractivity contribution in [2.45, 2.75) is 20.3 Å². The summed E-state index contributed by atoms with van der Waals surface area (Å²) in [7, 11) is 0. The van der Waals surface area contributed by atoms with Gasteiger partial charge >= 0.3 is 0 Å². The topological polar surface area (TPSA) is 37.8 Å². The molecule has 0 bridgehead atoms. The number of thiophene rings is 1. The van der Waals surface area contributed by atoms with Crippen LogP contribution in [0.3, 0.4) is 0 Å². The predicted molar refractivity (Wildman–Crippen MR) is 111 cm³/mol. The normalized spacial score (nSPS) is 11.0. The highest BCUT2D eigenvalue weighted by atomic mass is 35.5. The van der Waals surface area contributed by atoms with Crippen LogP contribution in [0.15, 0.2) is 54.6 Å². The summed E-state index contributed by atoms with van der Waals surface area (Å²) in [6, 6.07) is 18.4. The van der Waals surface area contributed by atoms with Gasteiger partial charge in [0, 0.05) is 22.0 Å². The Labute approximate surface area is 161 Å². The Morgan fingerprint density at radius 2 is 1.81 bits per heavy atom. The van der Waals surface area contributed by atoms with Crippen LogP contribution in [-0.2, 0) is 6.42 Å². The molecule has 0 aliphatic carbocycles. The lowest BCUT2D eigenvalue weighted by atomic mass is 10.1. The smallest absolute Gasteiger partial charge is 0.142 e. The summed E-state index contributed by atoms with van der Waals surface area (Å²) in [6.07, 6.45) is 0.705. The van der Waals surface area contributed by atoms with Gasteiger partial charge in [-0.25, -0.2) is 9.97 Å². The van der Waals surface area contributed by atoms with Gasteiger partial charge in [-0.1, -0.05) is 48.0 Å². The van der Waals surface area contributed by atoms with Crippen LogP contribution in [-0.4, -0.2) is 9.97 Å². The van der Waals surface area contributed by atoms with Crippen LogP contribution in [0, 0.1) is 13.8 Å². The first-order valence-corrected chi connectivity index (χ1v) is 9.62. The van der Waals surface area contributed by atoms with Crippen molar-refractivity contribution in [3.8, 4) is 0 Å². The molecule has 0 spiro atoms. The Hall–Kier alpha value is -2.43. The maximum absolute atomic E-state index is 6.27. The molecular weight excluding hydrogens is 362 g/mol. The summed E-state index contributed by atoms with van der Waals surface area (Å²) in [5.41, 5.74) is 3.18. The number of nitrogens with one attached hydrogen (secondary N) is 1. The average molecular weight is 380 g/mol. The number of hydrogen-bond donors (Lipinski definition) is 1. The van der Waals surface area contributed by atoms with E-state index in [0.717, 1.165) is 38.1 Å². The molecule has 4 rings (SSSR count). The Balaban J connectivity index is 1.75. The summed E-state index contributed by atoms with van der Waals surface area (Å²) in [6.45, 7) is 4.09. The summed E-state index contributed by atoms with van der Waals surface area (Å²) < 4.78 is 0. The summed E-state index contributed by atoms with van der Waals surface area (Å²) >= 11 is 7.96. The zero-order valence-electron chi connectivity index (χ0n) is 14.6. The second-order valence-corrected chi connectivity index (χ2v) is 7.96. The molecule has 0 aliphatic heterocycles. The van der Waals surface area contributed by atoms with Crippen molar-refractivity contribution in [2.24, 2.45) is 0 Å². The number of hydrogen-bond acceptors (Lipinski definition) is 4. The van der Waals surface area contributed by atoms with Gasteiger partial charge in [-0.3, -0.25) is 0 Å². The minimum atomic E-state index is 0.705. The number of benzene rings is 2. The van der Waals surface area contributed by atoms with E-state index in [0.29, 0.717) is 6.42 Å². The fourth-order valence-electron chi connectivity index (χ4n) is 2.85. The Bertz CT molecular complexity index is 1070. The van der Waals surface area contributed by atoms with E-state index in [2.05, 4.69) is 30.4 Å². The van der Waals surface area contributed by atoms with Crippen LogP contribution in [0.25, 0.3) is 10.2 Å². The highest BCUT2D eigenvalue weighted by Gasteiger charge is 2.12. The zero-order chi connectivity index (χ0) is 18.1. The van der Waals surface area contributed by atoms with Crippen molar-refractivity contribution in [1.82, 2.24) is 9.97 Å². The number of rotatable bonds is 4. The van der Waals surface area contributed by atoms with Crippen LogP contribution in [0.1, 0.15) is 21.8 Å². The van der Waals surface area contributed by atoms with E-state index in [1.165, 1.54) is 10.4 Å². The number of anilines is 2. The Kier molecular flexibility index (Phi) is 4.62. The zero-order valence-corrected chi connectivity index (χ0v) is 16.2. The second-order valence-electron chi connectivity index (χ2n) is 6.32. The molecule has 2 aromatic carbocycles. The van der Waals surface area contributed by atoms with E-state index >= 15 is 0 Å². The van der Waals surface area contributed by atoms with Gasteiger partial charge in [0.15, 0.2) is 0 Å². The van der Waals surface area contributed by atoms with Crippen molar-refractivity contribution in [2.75, 3.05) is 5.32 Å². The van der Waals surface area contributed by atoms with Crippen molar-refractivity contribution >= 4 is 44.7 Å². The number of aromatic nitrogens is 2. The highest BCUT2D eigenvalue weighted by Crippen LogP contribution is 2.31. The molecule has 2 heterocycles. The fourth-order valence-corrected chi connectivity index (χ4v) is 3.93. The van der Waals surface area contributed by atoms with Gasteiger partial charge in [-0.05, 0) is 43.2 Å². The quantitative estimate of drug-likeness (QED) is 0.452. The van der Waals surface area contributed by atoms with Gasteiger partial charge in [0.25, 0.3) is 0 Å². The van der Waals surface area contributed by atoms with Crippen LogP contribution in [0.4, 0.5) is 11.5 Å². The standard InChI is InChI=1S/C21H18ClN3S/c1-13-8-9-16(12-18(13)22)23-20-17-10-14(2)26-21(17)25-19(24-20)11-15-6-4-3-5-7-15/h3-10,12H,11H2,1-2H3,(H,23,24,25). The van der Waals surface area contributed by atoms with Crippen molar-refractivity contribution in [3.05, 3.63) is 81.4 Å². The molecule has 0 atom stereocenters. The van der Waals surface area contributed by atoms with Crippen LogP contribution < -0.4 is 5.32 Å². The lowest BCUT2D eigenvalue weighted by Gasteiger charge is -2.10. The first kappa shape index (κ1) is 17.0. The summed E-state index contributed by atoms with van der Waals surface area (Å²) in [4.78, 5) is 11.8. The molecule has 4 aromatic rings.